The molecule has 4 bridgehead atoms. The molecule has 600 valence electrons. The number of thiazole rings is 1. The Balaban J connectivity index is 0.592. The number of rotatable bonds is 38. The lowest BCUT2D eigenvalue weighted by atomic mass is 9.39. The van der Waals surface area contributed by atoms with Crippen molar-refractivity contribution >= 4 is 91.7 Å². The summed E-state index contributed by atoms with van der Waals surface area (Å²) in [5.74, 6) is -5.00. The molecule has 6 aromatic rings. The van der Waals surface area contributed by atoms with Crippen molar-refractivity contribution in [2.24, 2.45) is 16.2 Å². The molecule has 2 unspecified atom stereocenters. The molecule has 3 aliphatic heterocycles. The van der Waals surface area contributed by atoms with Crippen LogP contribution in [0.2, 0.25) is 0 Å². The first-order valence-electron chi connectivity index (χ1n) is 37.4. The number of aliphatic carboxylic acids is 1. The zero-order valence-corrected chi connectivity index (χ0v) is 63.7. The van der Waals surface area contributed by atoms with E-state index >= 15 is 0 Å². The summed E-state index contributed by atoms with van der Waals surface area (Å²) in [7, 11) is 1.59. The number of hydrogen-bond acceptors (Lipinski definition) is 25. The summed E-state index contributed by atoms with van der Waals surface area (Å²) in [6, 6.07) is 21.3. The van der Waals surface area contributed by atoms with Crippen LogP contribution in [0.15, 0.2) is 91.1 Å². The van der Waals surface area contributed by atoms with Gasteiger partial charge in [0, 0.05) is 107 Å². The van der Waals surface area contributed by atoms with Crippen LogP contribution in [0.4, 0.5) is 21.4 Å². The van der Waals surface area contributed by atoms with Crippen LogP contribution in [0.3, 0.4) is 0 Å². The monoisotopic (exact) mass is 1570 g/mol. The fraction of sp³-hybridized carbons (Fsp3) is 0.513. The molecule has 33 nitrogen and oxygen atoms in total. The number of pyridine rings is 1. The van der Waals surface area contributed by atoms with Gasteiger partial charge in [0.15, 0.2) is 16.9 Å². The quantitative estimate of drug-likeness (QED) is 0.0173. The Morgan fingerprint density at radius 1 is 0.705 bits per heavy atom. The summed E-state index contributed by atoms with van der Waals surface area (Å²) in [5, 5.41) is 68.5. The van der Waals surface area contributed by atoms with Crippen molar-refractivity contribution in [1.82, 2.24) is 40.2 Å². The predicted octanol–water partition coefficient (Wildman–Crippen LogP) is 5.38. The molecule has 112 heavy (non-hydrogen) atoms. The van der Waals surface area contributed by atoms with Gasteiger partial charge in [0.05, 0.1) is 87.2 Å². The number of nitrogens with one attached hydrogen (secondary N) is 4. The Morgan fingerprint density at radius 2 is 1.40 bits per heavy atom. The van der Waals surface area contributed by atoms with Crippen LogP contribution < -0.4 is 30.9 Å². The number of amides is 7. The van der Waals surface area contributed by atoms with E-state index in [-0.39, 0.29) is 157 Å². The van der Waals surface area contributed by atoms with E-state index in [9.17, 15) is 68.7 Å². The summed E-state index contributed by atoms with van der Waals surface area (Å²) >= 11 is 1.40. The summed E-state index contributed by atoms with van der Waals surface area (Å²) < 4.78 is 48.8. The van der Waals surface area contributed by atoms with Crippen LogP contribution in [0.25, 0.3) is 21.3 Å². The number of para-hydroxylation sites is 1. The van der Waals surface area contributed by atoms with Gasteiger partial charge in [-0.3, -0.25) is 43.7 Å². The molecule has 9 N–H and O–H groups in total. The van der Waals surface area contributed by atoms with Crippen molar-refractivity contribution in [2.75, 3.05) is 115 Å². The average molecular weight is 1570 g/mol. The zero-order valence-electron chi connectivity index (χ0n) is 62.9. The Kier molecular flexibility index (Phi) is 26.1. The van der Waals surface area contributed by atoms with Gasteiger partial charge in [0.1, 0.15) is 36.5 Å². The van der Waals surface area contributed by atoms with Crippen LogP contribution >= 0.6 is 11.3 Å². The number of imide groups is 1. The number of likely N-dealkylation sites (N-methyl/N-ethyl adjacent to an activating group) is 1. The lowest BCUT2D eigenvalue weighted by Crippen LogP contribution is -2.64. The van der Waals surface area contributed by atoms with Gasteiger partial charge in [0.25, 0.3) is 17.7 Å². The minimum atomic E-state index is -2.00. The van der Waals surface area contributed by atoms with Crippen molar-refractivity contribution in [2.45, 2.75) is 141 Å². The first kappa shape index (κ1) is 81.6. The Labute approximate surface area is 649 Å². The zero-order chi connectivity index (χ0) is 79.5. The topological polar surface area (TPSA) is 430 Å². The molecule has 4 saturated carbocycles. The first-order valence-corrected chi connectivity index (χ1v) is 38.2. The van der Waals surface area contributed by atoms with Crippen LogP contribution in [0, 0.1) is 23.2 Å². The van der Waals surface area contributed by atoms with Gasteiger partial charge < -0.3 is 89.2 Å². The number of carboxylic acids is 2. The van der Waals surface area contributed by atoms with Crippen molar-refractivity contribution < 1.29 is 107 Å². The number of aromatic carboxylic acids is 1. The Hall–Kier alpha value is -9.88. The molecular formula is C78H95N11O22S. The van der Waals surface area contributed by atoms with Crippen molar-refractivity contribution in [1.29, 1.82) is 0 Å². The molecule has 0 radical (unpaired) electrons. The van der Waals surface area contributed by atoms with E-state index in [1.54, 1.807) is 25.4 Å². The largest absolute Gasteiger partial charge is 0.479 e. The van der Waals surface area contributed by atoms with Crippen molar-refractivity contribution in [3.63, 3.8) is 0 Å². The van der Waals surface area contributed by atoms with Gasteiger partial charge in [0.2, 0.25) is 24.0 Å². The number of hydrogen-bond donors (Lipinski definition) is 9. The highest BCUT2D eigenvalue weighted by atomic mass is 32.1. The highest BCUT2D eigenvalue weighted by Crippen LogP contribution is 2.72. The Bertz CT molecular complexity index is 4440. The second kappa shape index (κ2) is 35.9. The number of ether oxygens (including phenoxy) is 8. The third-order valence-corrected chi connectivity index (χ3v) is 22.1. The summed E-state index contributed by atoms with van der Waals surface area (Å²) in [4.78, 5) is 128. The maximum absolute atomic E-state index is 13.8. The predicted molar refractivity (Wildman–Crippen MR) is 403 cm³/mol. The molecule has 3 aromatic heterocycles. The number of benzene rings is 3. The maximum Gasteiger partial charge on any atom is 0.409 e. The number of anilines is 3. The van der Waals surface area contributed by atoms with Gasteiger partial charge >= 0.3 is 18.0 Å². The van der Waals surface area contributed by atoms with E-state index in [1.165, 1.54) is 34.4 Å². The number of aromatic nitrogens is 4. The first-order chi connectivity index (χ1) is 53.7. The molecule has 34 heteroatoms. The summed E-state index contributed by atoms with van der Waals surface area (Å²) in [5.41, 5.74) is 4.46. The normalized spacial score (nSPS) is 23.6. The number of aliphatic hydroxyl groups excluding tert-OH is 3. The number of carbonyl (C=O) groups excluding carboxylic acids is 7. The fourth-order valence-corrected chi connectivity index (χ4v) is 17.9. The SMILES string of the molecule is Cc1c(-c2ccc(N3CCc4cccc(C(=O)Nc5nc6ccccc6s5)c4C3)nc2C(=O)O)cnn1CC12CC3(C)CC(C)(C1)CC(OCCN(C)C(=O)OCc1ccc(O[C@@H]4O[C@H](C(=O)O)[C@@H](O)[C@H](O)[C@@H]4O)c(NC(=O)CCNC(=O)CCOCCOCCOCCOCCNC(=O)CCN4C(=O)C=CC4=O)c1)(C3)C2. The van der Waals surface area contributed by atoms with Crippen LogP contribution in [0.5, 0.6) is 5.75 Å². The maximum atomic E-state index is 13.8. The molecule has 4 aliphatic carbocycles. The standard InChI is InChI=1S/C78H95N11O22S/c1-47-52(50-13-15-58(84-64(50)70(99)100)87-24-19-49-8-7-9-51(53(49)38-87)69(98)85-73-83-54-10-5-6-11-57(54)112-73)37-81-89(47)46-77-41-75(2)40-76(3,42-77)44-78(43-75,45-77)109-29-26-86(4)74(103)108-39-48-12-14-56(110-72-67(97)65(95)66(96)68(111-72)71(101)102)55(36-48)82-61(92)18-22-79-60(91)21-27-104-30-32-106-34-35-107-33-31-105-28-23-80-59(90)20-25-88-62(93)16-17-63(88)94/h5-17,36-37,65-68,72,95-97H,18-35,38-46H2,1-4H3,(H,79,91)(H,80,90)(H,82,92)(H,99,100)(H,101,102)(H,83,85,98)/t65-,66-,67-,68-,72+,75?,76?,77?,78?/m0/s1. The van der Waals surface area contributed by atoms with E-state index in [1.807, 2.05) is 59.0 Å². The lowest BCUT2D eigenvalue weighted by molar-refractivity contribution is -0.271. The van der Waals surface area contributed by atoms with Gasteiger partial charge in [-0.15, -0.1) is 0 Å². The minimum Gasteiger partial charge on any atom is -0.479 e. The highest BCUT2D eigenvalue weighted by Gasteiger charge is 2.66. The van der Waals surface area contributed by atoms with Crippen LogP contribution in [-0.2, 0) is 88.0 Å². The summed E-state index contributed by atoms with van der Waals surface area (Å²) in [6.07, 6.45) is -0.722. The molecule has 7 amide bonds. The molecule has 1 saturated heterocycles. The molecule has 7 aliphatic rings. The molecule has 7 atom stereocenters. The highest BCUT2D eigenvalue weighted by molar-refractivity contribution is 7.22. The van der Waals surface area contributed by atoms with Crippen LogP contribution in [-0.4, -0.2) is 244 Å². The molecule has 13 rings (SSSR count). The molecule has 6 heterocycles. The number of nitrogens with zero attached hydrogens (tertiary/aromatic N) is 7. The van der Waals surface area contributed by atoms with Crippen molar-refractivity contribution in [3.05, 3.63) is 125 Å². The fourth-order valence-electron chi connectivity index (χ4n) is 17.1. The third-order valence-electron chi connectivity index (χ3n) is 21.1. The number of carbonyl (C=O) groups is 9. The smallest absolute Gasteiger partial charge is 0.409 e. The molecule has 0 spiro atoms. The summed E-state index contributed by atoms with van der Waals surface area (Å²) in [6.45, 7) is 10.2. The van der Waals surface area contributed by atoms with E-state index in [0.29, 0.717) is 59.3 Å². The Morgan fingerprint density at radius 3 is 2.12 bits per heavy atom. The van der Waals surface area contributed by atoms with E-state index in [2.05, 4.69) is 40.1 Å². The van der Waals surface area contributed by atoms with E-state index in [4.69, 9.17) is 48.0 Å². The van der Waals surface area contributed by atoms with E-state index < -0.39 is 78.0 Å². The second-order valence-corrected chi connectivity index (χ2v) is 31.2. The number of fused-ring (bicyclic) bond motifs is 2. The van der Waals surface area contributed by atoms with Gasteiger partial charge in [-0.1, -0.05) is 55.5 Å². The van der Waals surface area contributed by atoms with Crippen molar-refractivity contribution in [3.8, 4) is 16.9 Å². The average Bonchev–Trinajstić information content (AvgIpc) is 1.03. The van der Waals surface area contributed by atoms with Gasteiger partial charge in [-0.25, -0.2) is 24.4 Å². The lowest BCUT2D eigenvalue weighted by Gasteiger charge is -2.69. The van der Waals surface area contributed by atoms with E-state index in [0.717, 1.165) is 82.6 Å². The van der Waals surface area contributed by atoms with Gasteiger partial charge in [-0.05, 0) is 127 Å². The van der Waals surface area contributed by atoms with Gasteiger partial charge in [-0.2, -0.15) is 5.10 Å². The number of aliphatic hydroxyl groups is 3. The molecule has 3 aromatic carbocycles. The van der Waals surface area contributed by atoms with Crippen LogP contribution in [0.1, 0.15) is 115 Å². The second-order valence-electron chi connectivity index (χ2n) is 30.2. The molecule has 5 fully saturated rings. The third kappa shape index (κ3) is 19.9. The number of carboxylic acid groups (broad SMARTS) is 2. The minimum absolute atomic E-state index is 0.00128. The molecular weight excluding hydrogens is 1470 g/mol.